The van der Waals surface area contributed by atoms with Gasteiger partial charge in [0.2, 0.25) is 0 Å². The van der Waals surface area contributed by atoms with Gasteiger partial charge in [-0.15, -0.1) is 0 Å². The molecule has 0 spiro atoms. The number of halogens is 1. The maximum atomic E-state index is 13.4. The van der Waals surface area contributed by atoms with Crippen LogP contribution in [0, 0.1) is 5.82 Å². The van der Waals surface area contributed by atoms with Crippen LogP contribution in [0.25, 0.3) is 0 Å². The van der Waals surface area contributed by atoms with Crippen molar-refractivity contribution < 1.29 is 4.39 Å². The zero-order valence-electron chi connectivity index (χ0n) is 9.40. The monoisotopic (exact) mass is 252 g/mol. The molecule has 0 bridgehead atoms. The van der Waals surface area contributed by atoms with Crippen LogP contribution in [0.15, 0.2) is 34.6 Å². The summed E-state index contributed by atoms with van der Waals surface area (Å²) in [5.74, 6) is -0.234. The van der Waals surface area contributed by atoms with Gasteiger partial charge in [-0.2, -0.15) is 5.10 Å². The molecule has 0 aliphatic carbocycles. The number of benzene rings is 1. The molecule has 0 saturated heterocycles. The Labute approximate surface area is 103 Å². The number of H-pyrrole nitrogens is 1. The van der Waals surface area contributed by atoms with Crippen molar-refractivity contribution in [1.29, 1.82) is 0 Å². The number of rotatable bonds is 5. The third-order valence-electron chi connectivity index (χ3n) is 2.12. The van der Waals surface area contributed by atoms with Gasteiger partial charge in [-0.25, -0.2) is 9.37 Å². The molecule has 0 radical (unpaired) electrons. The molecular formula is C11H13FN4S. The van der Waals surface area contributed by atoms with Crippen molar-refractivity contribution in [1.82, 2.24) is 20.5 Å². The van der Waals surface area contributed by atoms with Crippen LogP contribution in [0.2, 0.25) is 0 Å². The van der Waals surface area contributed by atoms with E-state index in [2.05, 4.69) is 20.5 Å². The second-order valence-electron chi connectivity index (χ2n) is 3.47. The van der Waals surface area contributed by atoms with Gasteiger partial charge in [0.1, 0.15) is 12.1 Å². The summed E-state index contributed by atoms with van der Waals surface area (Å²) in [4.78, 5) is 4.81. The fourth-order valence-corrected chi connectivity index (χ4v) is 2.21. The van der Waals surface area contributed by atoms with Crippen LogP contribution >= 0.6 is 11.8 Å². The molecule has 90 valence electrons. The average molecular weight is 252 g/mol. The Balaban J connectivity index is 2.13. The molecule has 17 heavy (non-hydrogen) atoms. The quantitative estimate of drug-likeness (QED) is 0.856. The summed E-state index contributed by atoms with van der Waals surface area (Å²) in [6.07, 6.45) is 1.43. The van der Waals surface area contributed by atoms with Crippen molar-refractivity contribution in [3.63, 3.8) is 0 Å². The summed E-state index contributed by atoms with van der Waals surface area (Å²) in [7, 11) is 0. The fourth-order valence-electron chi connectivity index (χ4n) is 1.41. The highest BCUT2D eigenvalue weighted by Gasteiger charge is 2.04. The Morgan fingerprint density at radius 1 is 1.41 bits per heavy atom. The van der Waals surface area contributed by atoms with Gasteiger partial charge in [-0.05, 0) is 30.3 Å². The topological polar surface area (TPSA) is 53.6 Å². The Morgan fingerprint density at radius 2 is 2.29 bits per heavy atom. The van der Waals surface area contributed by atoms with E-state index in [0.717, 1.165) is 17.0 Å². The molecule has 0 aliphatic rings. The van der Waals surface area contributed by atoms with Gasteiger partial charge in [0.25, 0.3) is 0 Å². The first-order chi connectivity index (χ1) is 8.28. The molecule has 1 heterocycles. The van der Waals surface area contributed by atoms with E-state index >= 15 is 0 Å². The van der Waals surface area contributed by atoms with Crippen LogP contribution in [0.5, 0.6) is 0 Å². The van der Waals surface area contributed by atoms with E-state index in [-0.39, 0.29) is 5.82 Å². The maximum absolute atomic E-state index is 13.4. The smallest absolute Gasteiger partial charge is 0.188 e. The Hall–Kier alpha value is -1.40. The minimum Gasteiger partial charge on any atom is -0.313 e. The molecule has 0 atom stereocenters. The third kappa shape index (κ3) is 3.54. The highest BCUT2D eigenvalue weighted by Crippen LogP contribution is 2.25. The Morgan fingerprint density at radius 3 is 3.00 bits per heavy atom. The number of hydrogen-bond acceptors (Lipinski definition) is 4. The number of aromatic nitrogens is 3. The molecule has 2 N–H and O–H groups in total. The zero-order chi connectivity index (χ0) is 12.1. The second kappa shape index (κ2) is 5.79. The summed E-state index contributed by atoms with van der Waals surface area (Å²) in [6.45, 7) is 3.54. The normalized spacial score (nSPS) is 10.7. The maximum Gasteiger partial charge on any atom is 0.188 e. The second-order valence-corrected chi connectivity index (χ2v) is 4.53. The first-order valence-corrected chi connectivity index (χ1v) is 6.13. The molecule has 2 aromatic rings. The summed E-state index contributed by atoms with van der Waals surface area (Å²) in [5, 5.41) is 10.3. The number of aromatic amines is 1. The molecule has 0 fully saturated rings. The van der Waals surface area contributed by atoms with Crippen LogP contribution in [0.4, 0.5) is 4.39 Å². The van der Waals surface area contributed by atoms with Crippen molar-refractivity contribution >= 4 is 11.8 Å². The predicted octanol–water partition coefficient (Wildman–Crippen LogP) is 2.20. The van der Waals surface area contributed by atoms with Crippen molar-refractivity contribution in [2.75, 3.05) is 6.54 Å². The number of nitrogens with one attached hydrogen (secondary N) is 2. The molecule has 0 saturated carbocycles. The average Bonchev–Trinajstić information content (AvgIpc) is 2.78. The molecule has 0 aliphatic heterocycles. The molecular weight excluding hydrogens is 239 g/mol. The third-order valence-corrected chi connectivity index (χ3v) is 2.98. The molecule has 6 heteroatoms. The lowest BCUT2D eigenvalue weighted by atomic mass is 10.2. The zero-order valence-corrected chi connectivity index (χ0v) is 10.2. The summed E-state index contributed by atoms with van der Waals surface area (Å²) in [6, 6.07) is 4.97. The molecule has 1 aromatic carbocycles. The van der Waals surface area contributed by atoms with E-state index in [1.54, 1.807) is 0 Å². The fraction of sp³-hybridized carbons (Fsp3) is 0.273. The van der Waals surface area contributed by atoms with Crippen molar-refractivity contribution in [3.8, 4) is 0 Å². The van der Waals surface area contributed by atoms with Gasteiger partial charge in [0.05, 0.1) is 0 Å². The van der Waals surface area contributed by atoms with E-state index in [9.17, 15) is 4.39 Å². The van der Waals surface area contributed by atoms with Gasteiger partial charge in [0.15, 0.2) is 5.16 Å². The number of nitrogens with zero attached hydrogens (tertiary/aromatic N) is 2. The highest BCUT2D eigenvalue weighted by molar-refractivity contribution is 7.99. The van der Waals surface area contributed by atoms with Crippen LogP contribution in [0.3, 0.4) is 0 Å². The van der Waals surface area contributed by atoms with Gasteiger partial charge < -0.3 is 5.32 Å². The van der Waals surface area contributed by atoms with Crippen LogP contribution in [0.1, 0.15) is 12.5 Å². The van der Waals surface area contributed by atoms with E-state index in [1.165, 1.54) is 30.2 Å². The predicted molar refractivity (Wildman–Crippen MR) is 64.3 cm³/mol. The molecule has 0 amide bonds. The number of hydrogen-bond donors (Lipinski definition) is 2. The van der Waals surface area contributed by atoms with Crippen molar-refractivity contribution in [2.45, 2.75) is 23.5 Å². The van der Waals surface area contributed by atoms with Crippen molar-refractivity contribution in [2.24, 2.45) is 0 Å². The standard InChI is InChI=1S/C11H13FN4S/c1-2-13-6-8-3-9(12)5-10(4-8)17-11-14-7-15-16-11/h3-5,7,13H,2,6H2,1H3,(H,14,15,16). The minimum atomic E-state index is -0.234. The minimum absolute atomic E-state index is 0.234. The van der Waals surface area contributed by atoms with E-state index in [1.807, 2.05) is 13.0 Å². The van der Waals surface area contributed by atoms with E-state index < -0.39 is 0 Å². The van der Waals surface area contributed by atoms with Crippen LogP contribution in [-0.4, -0.2) is 21.7 Å². The lowest BCUT2D eigenvalue weighted by Gasteiger charge is -2.05. The lowest BCUT2D eigenvalue weighted by Crippen LogP contribution is -2.11. The van der Waals surface area contributed by atoms with Gasteiger partial charge in [-0.1, -0.05) is 18.7 Å². The molecule has 1 aromatic heterocycles. The van der Waals surface area contributed by atoms with Gasteiger partial charge in [-0.3, -0.25) is 5.10 Å². The first kappa shape index (κ1) is 12.1. The van der Waals surface area contributed by atoms with E-state index in [4.69, 9.17) is 0 Å². The highest BCUT2D eigenvalue weighted by atomic mass is 32.2. The largest absolute Gasteiger partial charge is 0.313 e. The van der Waals surface area contributed by atoms with Crippen molar-refractivity contribution in [3.05, 3.63) is 35.9 Å². The first-order valence-electron chi connectivity index (χ1n) is 5.31. The summed E-state index contributed by atoms with van der Waals surface area (Å²) >= 11 is 1.36. The lowest BCUT2D eigenvalue weighted by molar-refractivity contribution is 0.617. The van der Waals surface area contributed by atoms with Gasteiger partial charge >= 0.3 is 0 Å². The molecule has 4 nitrogen and oxygen atoms in total. The van der Waals surface area contributed by atoms with Gasteiger partial charge in [0, 0.05) is 11.4 Å². The van der Waals surface area contributed by atoms with Crippen LogP contribution in [-0.2, 0) is 6.54 Å². The van der Waals surface area contributed by atoms with E-state index in [0.29, 0.717) is 11.7 Å². The SMILES string of the molecule is CCNCc1cc(F)cc(Sc2ncn[nH]2)c1. The van der Waals surface area contributed by atoms with Crippen LogP contribution < -0.4 is 5.32 Å². The Bertz CT molecular complexity index is 472. The molecule has 0 unspecified atom stereocenters. The summed E-state index contributed by atoms with van der Waals surface area (Å²) in [5.41, 5.74) is 0.925. The molecule has 2 rings (SSSR count). The Kier molecular flexibility index (Phi) is 4.11. The summed E-state index contributed by atoms with van der Waals surface area (Å²) < 4.78 is 13.4.